The molecule has 3 rings (SSSR count). The van der Waals surface area contributed by atoms with Crippen molar-refractivity contribution in [1.82, 2.24) is 26.2 Å². The van der Waals surface area contributed by atoms with E-state index < -0.39 is 97.0 Å². The molecule has 0 saturated heterocycles. The molecule has 288 valence electrons. The first-order chi connectivity index (χ1) is 25.0. The third-order valence-electron chi connectivity index (χ3n) is 8.49. The van der Waals surface area contributed by atoms with E-state index in [4.69, 9.17) is 4.74 Å². The number of benzene rings is 2. The maximum atomic E-state index is 15.2. The second-order valence-corrected chi connectivity index (χ2v) is 13.2. The van der Waals surface area contributed by atoms with Crippen molar-refractivity contribution >= 4 is 41.5 Å². The van der Waals surface area contributed by atoms with Gasteiger partial charge in [-0.3, -0.25) is 28.8 Å². The molecule has 0 heterocycles. The molecule has 0 radical (unpaired) electrons. The van der Waals surface area contributed by atoms with Crippen LogP contribution in [0.4, 0.5) is 13.6 Å². The Morgan fingerprint density at radius 2 is 1.36 bits per heavy atom. The van der Waals surface area contributed by atoms with Gasteiger partial charge in [0.05, 0.1) is 25.7 Å². The molecule has 0 saturated carbocycles. The summed E-state index contributed by atoms with van der Waals surface area (Å²) in [7, 11) is 0. The minimum Gasteiger partial charge on any atom is -0.465 e. The van der Waals surface area contributed by atoms with Crippen LogP contribution in [0, 0.1) is 11.8 Å². The Balaban J connectivity index is 1.74. The van der Waals surface area contributed by atoms with Gasteiger partial charge in [0, 0.05) is 6.04 Å². The van der Waals surface area contributed by atoms with Gasteiger partial charge in [0.2, 0.25) is 23.5 Å². The minimum atomic E-state index is -4.67. The number of ketones is 1. The van der Waals surface area contributed by atoms with E-state index in [1.807, 2.05) is 30.3 Å². The average molecular weight is 744 g/mol. The smallest absolute Gasteiger partial charge is 0.408 e. The number of halogens is 2. The molecular formula is C37H47F2N5O9. The number of nitrogens with zero attached hydrogens (tertiary/aromatic N) is 1. The molecule has 2 aromatic carbocycles. The van der Waals surface area contributed by atoms with Crippen LogP contribution in [0.15, 0.2) is 54.6 Å². The standard InChI is InChI=1S/C37H47F2N5O9/c1-6-52-30(47)19-40-28(45)18-41-35(50)37(38,39)33(48)31(22(2)3)42-29(46)20-44(27-16-25-14-10-11-15-26(25)17-27)34(49)32(23(4)5)43-36(51)53-21-24-12-8-7-9-13-24/h7-15,22-23,27,31-32H,6,16-21H2,1-5H3,(H,40,45)(H,41,50)(H,42,46)(H,43,51)/t31-,32-/m0/s1. The second-order valence-electron chi connectivity index (χ2n) is 13.2. The molecule has 0 bridgehead atoms. The highest BCUT2D eigenvalue weighted by molar-refractivity contribution is 6.11. The molecule has 5 amide bonds. The normalized spacial score (nSPS) is 13.7. The van der Waals surface area contributed by atoms with Gasteiger partial charge in [-0.05, 0) is 48.3 Å². The molecule has 53 heavy (non-hydrogen) atoms. The number of hydrogen-bond donors (Lipinski definition) is 4. The molecule has 0 unspecified atom stereocenters. The van der Waals surface area contributed by atoms with E-state index in [9.17, 15) is 33.6 Å². The number of nitrogens with one attached hydrogen (secondary N) is 4. The van der Waals surface area contributed by atoms with Gasteiger partial charge in [-0.15, -0.1) is 0 Å². The summed E-state index contributed by atoms with van der Waals surface area (Å²) in [6, 6.07) is 12.8. The van der Waals surface area contributed by atoms with Crippen molar-refractivity contribution in [3.05, 3.63) is 71.3 Å². The lowest BCUT2D eigenvalue weighted by atomic mass is 9.95. The summed E-state index contributed by atoms with van der Waals surface area (Å²) in [5.74, 6) is -13.4. The Morgan fingerprint density at radius 1 is 0.774 bits per heavy atom. The quantitative estimate of drug-likeness (QED) is 0.131. The Bertz CT molecular complexity index is 1610. The highest BCUT2D eigenvalue weighted by atomic mass is 19.3. The van der Waals surface area contributed by atoms with Crippen LogP contribution < -0.4 is 21.3 Å². The Labute approximate surface area is 306 Å². The summed E-state index contributed by atoms with van der Waals surface area (Å²) in [5, 5.41) is 8.64. The highest BCUT2D eigenvalue weighted by Crippen LogP contribution is 2.27. The van der Waals surface area contributed by atoms with Crippen molar-refractivity contribution in [1.29, 1.82) is 0 Å². The molecular weight excluding hydrogens is 696 g/mol. The zero-order chi connectivity index (χ0) is 39.3. The second kappa shape index (κ2) is 19.4. The van der Waals surface area contributed by atoms with E-state index in [1.165, 1.54) is 18.7 Å². The molecule has 2 aromatic rings. The van der Waals surface area contributed by atoms with E-state index in [0.29, 0.717) is 12.8 Å². The van der Waals surface area contributed by atoms with Gasteiger partial charge in [-0.25, -0.2) is 4.79 Å². The summed E-state index contributed by atoms with van der Waals surface area (Å²) in [6.07, 6.45) is -0.116. The number of carbonyl (C=O) groups is 7. The van der Waals surface area contributed by atoms with Crippen LogP contribution in [-0.4, -0.2) is 96.7 Å². The maximum absolute atomic E-state index is 15.2. The molecule has 2 atom stereocenters. The van der Waals surface area contributed by atoms with Gasteiger partial charge in [0.1, 0.15) is 19.2 Å². The van der Waals surface area contributed by atoms with Gasteiger partial charge in [0.25, 0.3) is 5.91 Å². The Hall–Kier alpha value is -5.41. The molecule has 14 nitrogen and oxygen atoms in total. The summed E-state index contributed by atoms with van der Waals surface area (Å²) < 4.78 is 40.3. The maximum Gasteiger partial charge on any atom is 0.408 e. The number of amides is 5. The number of alkyl carbamates (subject to hydrolysis) is 1. The minimum absolute atomic E-state index is 0.0499. The van der Waals surface area contributed by atoms with E-state index in [2.05, 4.69) is 20.7 Å². The summed E-state index contributed by atoms with van der Waals surface area (Å²) in [6.45, 7) is 5.54. The number of hydrogen-bond acceptors (Lipinski definition) is 9. The van der Waals surface area contributed by atoms with Crippen LogP contribution >= 0.6 is 0 Å². The fraction of sp³-hybridized carbons (Fsp3) is 0.486. The SMILES string of the molecule is CCOC(=O)CNC(=O)CNC(=O)C(F)(F)C(=O)[C@@H](NC(=O)CN(C(=O)[C@@H](NC(=O)OCc1ccccc1)C(C)C)C1Cc2ccccc2C1)C(C)C. The zero-order valence-corrected chi connectivity index (χ0v) is 30.4. The van der Waals surface area contributed by atoms with Crippen molar-refractivity contribution in [3.63, 3.8) is 0 Å². The van der Waals surface area contributed by atoms with Crippen molar-refractivity contribution in [2.75, 3.05) is 26.2 Å². The molecule has 4 N–H and O–H groups in total. The lowest BCUT2D eigenvalue weighted by molar-refractivity contribution is -0.161. The van der Waals surface area contributed by atoms with Crippen LogP contribution in [0.3, 0.4) is 0 Å². The van der Waals surface area contributed by atoms with Gasteiger partial charge in [-0.1, -0.05) is 82.3 Å². The monoisotopic (exact) mass is 743 g/mol. The summed E-state index contributed by atoms with van der Waals surface area (Å²) in [5.41, 5.74) is 2.62. The first-order valence-electron chi connectivity index (χ1n) is 17.3. The molecule has 16 heteroatoms. The Morgan fingerprint density at radius 3 is 1.92 bits per heavy atom. The lowest BCUT2D eigenvalue weighted by Gasteiger charge is -2.34. The van der Waals surface area contributed by atoms with E-state index >= 15 is 8.78 Å². The third-order valence-corrected chi connectivity index (χ3v) is 8.49. The lowest BCUT2D eigenvalue weighted by Crippen LogP contribution is -2.60. The molecule has 0 fully saturated rings. The van der Waals surface area contributed by atoms with Gasteiger partial charge < -0.3 is 35.6 Å². The van der Waals surface area contributed by atoms with Crippen molar-refractivity contribution in [2.24, 2.45) is 11.8 Å². The first kappa shape index (κ1) is 42.0. The predicted molar refractivity (Wildman–Crippen MR) is 187 cm³/mol. The van der Waals surface area contributed by atoms with Crippen LogP contribution in [0.25, 0.3) is 0 Å². The number of carbonyl (C=O) groups excluding carboxylic acids is 7. The molecule has 1 aliphatic rings. The predicted octanol–water partition coefficient (Wildman–Crippen LogP) is 2.07. The highest BCUT2D eigenvalue weighted by Gasteiger charge is 2.51. The fourth-order valence-corrected chi connectivity index (χ4v) is 5.66. The molecule has 0 aromatic heterocycles. The topological polar surface area (TPSA) is 189 Å². The van der Waals surface area contributed by atoms with E-state index in [0.717, 1.165) is 16.7 Å². The fourth-order valence-electron chi connectivity index (χ4n) is 5.66. The average Bonchev–Trinajstić information content (AvgIpc) is 3.56. The van der Waals surface area contributed by atoms with E-state index in [-0.39, 0.29) is 13.2 Å². The van der Waals surface area contributed by atoms with Crippen LogP contribution in [-0.2, 0) is 57.7 Å². The van der Waals surface area contributed by atoms with Gasteiger partial charge in [-0.2, -0.15) is 8.78 Å². The number of Topliss-reactive ketones (excluding diaryl/α,β-unsaturated/α-hetero) is 1. The zero-order valence-electron chi connectivity index (χ0n) is 30.4. The molecule has 1 aliphatic carbocycles. The van der Waals surface area contributed by atoms with Gasteiger partial charge >= 0.3 is 18.0 Å². The van der Waals surface area contributed by atoms with Crippen LogP contribution in [0.5, 0.6) is 0 Å². The van der Waals surface area contributed by atoms with Crippen molar-refractivity contribution in [2.45, 2.75) is 78.1 Å². The molecule has 0 spiro atoms. The van der Waals surface area contributed by atoms with Crippen LogP contribution in [0.2, 0.25) is 0 Å². The number of alkyl halides is 2. The summed E-state index contributed by atoms with van der Waals surface area (Å²) in [4.78, 5) is 90.7. The number of rotatable bonds is 18. The first-order valence-corrected chi connectivity index (χ1v) is 17.3. The van der Waals surface area contributed by atoms with Crippen molar-refractivity contribution in [3.8, 4) is 0 Å². The molecule has 0 aliphatic heterocycles. The Kier molecular flexibility index (Phi) is 15.4. The van der Waals surface area contributed by atoms with Crippen LogP contribution in [0.1, 0.15) is 51.3 Å². The summed E-state index contributed by atoms with van der Waals surface area (Å²) >= 11 is 0. The van der Waals surface area contributed by atoms with Crippen molar-refractivity contribution < 1.29 is 51.8 Å². The largest absolute Gasteiger partial charge is 0.465 e. The number of esters is 1. The number of ether oxygens (including phenoxy) is 2. The van der Waals surface area contributed by atoms with Gasteiger partial charge in [0.15, 0.2) is 0 Å². The third kappa shape index (κ3) is 12.1. The number of fused-ring (bicyclic) bond motifs is 1. The van der Waals surface area contributed by atoms with E-state index in [1.54, 1.807) is 50.4 Å².